The molecule has 0 bridgehead atoms. The van der Waals surface area contributed by atoms with Crippen LogP contribution >= 0.6 is 0 Å². The third-order valence-corrected chi connectivity index (χ3v) is 3.65. The number of amides is 1. The number of H-pyrrole nitrogens is 1. The second kappa shape index (κ2) is 5.36. The molecule has 3 rings (SSSR count). The van der Waals surface area contributed by atoms with Crippen LogP contribution in [0.25, 0.3) is 0 Å². The summed E-state index contributed by atoms with van der Waals surface area (Å²) in [4.78, 5) is 12.5. The predicted octanol–water partition coefficient (Wildman–Crippen LogP) is 2.15. The summed E-state index contributed by atoms with van der Waals surface area (Å²) >= 11 is 0. The zero-order valence-corrected chi connectivity index (χ0v) is 11.3. The quantitative estimate of drug-likeness (QED) is 0.899. The number of hydrogen-bond acceptors (Lipinski definition) is 3. The van der Waals surface area contributed by atoms with Crippen LogP contribution in [-0.2, 0) is 4.79 Å². The lowest BCUT2D eigenvalue weighted by Gasteiger charge is -2.26. The van der Waals surface area contributed by atoms with Gasteiger partial charge in [0.25, 0.3) is 0 Å². The maximum absolute atomic E-state index is 12.5. The molecule has 1 amide bonds. The van der Waals surface area contributed by atoms with Gasteiger partial charge in [0.15, 0.2) is 0 Å². The second-order valence-electron chi connectivity index (χ2n) is 4.99. The Kier molecular flexibility index (Phi) is 3.41. The number of hydrogen-bond donors (Lipinski definition) is 2. The molecular formula is C15H17N3O2. The molecule has 0 saturated heterocycles. The molecule has 2 aromatic rings. The molecule has 2 heterocycles. The first-order valence-electron chi connectivity index (χ1n) is 6.76. The van der Waals surface area contributed by atoms with E-state index in [0.717, 1.165) is 16.9 Å². The van der Waals surface area contributed by atoms with E-state index < -0.39 is 0 Å². The summed E-state index contributed by atoms with van der Waals surface area (Å²) in [6.45, 7) is 2.53. The van der Waals surface area contributed by atoms with E-state index in [1.165, 1.54) is 0 Å². The SMILES string of the molecule is CC(NC(=O)C1CCOc2ccccc21)c1cn[nH]c1. The van der Waals surface area contributed by atoms with E-state index >= 15 is 0 Å². The smallest absolute Gasteiger partial charge is 0.228 e. The molecule has 2 N–H and O–H groups in total. The Morgan fingerprint density at radius 3 is 3.15 bits per heavy atom. The van der Waals surface area contributed by atoms with Crippen LogP contribution in [0.4, 0.5) is 0 Å². The molecule has 1 aliphatic heterocycles. The molecule has 1 aromatic carbocycles. The van der Waals surface area contributed by atoms with Crippen molar-refractivity contribution in [3.05, 3.63) is 47.8 Å². The fourth-order valence-corrected chi connectivity index (χ4v) is 2.51. The maximum Gasteiger partial charge on any atom is 0.228 e. The third kappa shape index (κ3) is 2.39. The van der Waals surface area contributed by atoms with E-state index in [-0.39, 0.29) is 17.9 Å². The Labute approximate surface area is 117 Å². The van der Waals surface area contributed by atoms with Crippen LogP contribution < -0.4 is 10.1 Å². The maximum atomic E-state index is 12.5. The number of para-hydroxylation sites is 1. The summed E-state index contributed by atoms with van der Waals surface area (Å²) in [7, 11) is 0. The van der Waals surface area contributed by atoms with Gasteiger partial charge in [0, 0.05) is 17.3 Å². The van der Waals surface area contributed by atoms with Crippen LogP contribution in [0.1, 0.15) is 36.4 Å². The molecule has 0 spiro atoms. The van der Waals surface area contributed by atoms with Crippen molar-refractivity contribution >= 4 is 5.91 Å². The number of carbonyl (C=O) groups is 1. The standard InChI is InChI=1S/C15H17N3O2/c1-10(11-8-16-17-9-11)18-15(19)13-6-7-20-14-5-3-2-4-12(13)14/h2-5,8-10,13H,6-7H2,1H3,(H,16,17)(H,18,19). The van der Waals surface area contributed by atoms with E-state index in [4.69, 9.17) is 4.74 Å². The minimum Gasteiger partial charge on any atom is -0.493 e. The minimum atomic E-state index is -0.144. The third-order valence-electron chi connectivity index (χ3n) is 3.65. The molecule has 5 heteroatoms. The van der Waals surface area contributed by atoms with Gasteiger partial charge in [0.05, 0.1) is 24.8 Å². The summed E-state index contributed by atoms with van der Waals surface area (Å²) < 4.78 is 5.59. The Bertz CT molecular complexity index is 595. The topological polar surface area (TPSA) is 67.0 Å². The van der Waals surface area contributed by atoms with Gasteiger partial charge in [-0.25, -0.2) is 0 Å². The van der Waals surface area contributed by atoms with E-state index in [1.807, 2.05) is 31.2 Å². The largest absolute Gasteiger partial charge is 0.493 e. The fraction of sp³-hybridized carbons (Fsp3) is 0.333. The molecule has 5 nitrogen and oxygen atoms in total. The highest BCUT2D eigenvalue weighted by molar-refractivity contribution is 5.85. The van der Waals surface area contributed by atoms with Crippen LogP contribution in [0, 0.1) is 0 Å². The van der Waals surface area contributed by atoms with Crippen LogP contribution in [0.3, 0.4) is 0 Å². The summed E-state index contributed by atoms with van der Waals surface area (Å²) in [5, 5.41) is 9.70. The molecule has 20 heavy (non-hydrogen) atoms. The lowest BCUT2D eigenvalue weighted by atomic mass is 9.92. The number of fused-ring (bicyclic) bond motifs is 1. The number of ether oxygens (including phenoxy) is 1. The molecule has 0 aliphatic carbocycles. The molecule has 104 valence electrons. The van der Waals surface area contributed by atoms with Gasteiger partial charge in [0.1, 0.15) is 5.75 Å². The molecule has 2 atom stereocenters. The molecule has 0 saturated carbocycles. The predicted molar refractivity (Wildman–Crippen MR) is 74.4 cm³/mol. The number of nitrogens with zero attached hydrogens (tertiary/aromatic N) is 1. The van der Waals surface area contributed by atoms with Gasteiger partial charge in [0.2, 0.25) is 5.91 Å². The Balaban J connectivity index is 1.75. The first-order valence-corrected chi connectivity index (χ1v) is 6.76. The van der Waals surface area contributed by atoms with Gasteiger partial charge in [-0.3, -0.25) is 9.89 Å². The monoisotopic (exact) mass is 271 g/mol. The average molecular weight is 271 g/mol. The minimum absolute atomic E-state index is 0.0365. The second-order valence-corrected chi connectivity index (χ2v) is 4.99. The Morgan fingerprint density at radius 1 is 1.50 bits per heavy atom. The highest BCUT2D eigenvalue weighted by atomic mass is 16.5. The Morgan fingerprint density at radius 2 is 2.35 bits per heavy atom. The van der Waals surface area contributed by atoms with Crippen LogP contribution in [-0.4, -0.2) is 22.7 Å². The van der Waals surface area contributed by atoms with Crippen molar-refractivity contribution in [2.24, 2.45) is 0 Å². The lowest BCUT2D eigenvalue weighted by Crippen LogP contribution is -2.34. The number of aromatic nitrogens is 2. The summed E-state index contributed by atoms with van der Waals surface area (Å²) in [5.41, 5.74) is 1.94. The summed E-state index contributed by atoms with van der Waals surface area (Å²) in [6, 6.07) is 7.67. The van der Waals surface area contributed by atoms with Gasteiger partial charge < -0.3 is 10.1 Å². The van der Waals surface area contributed by atoms with Crippen molar-refractivity contribution in [1.29, 1.82) is 0 Å². The van der Waals surface area contributed by atoms with Gasteiger partial charge in [-0.2, -0.15) is 5.10 Å². The van der Waals surface area contributed by atoms with Gasteiger partial charge >= 0.3 is 0 Å². The highest BCUT2D eigenvalue weighted by Crippen LogP contribution is 2.33. The van der Waals surface area contributed by atoms with Crippen molar-refractivity contribution in [2.75, 3.05) is 6.61 Å². The van der Waals surface area contributed by atoms with Crippen molar-refractivity contribution in [3.63, 3.8) is 0 Å². The van der Waals surface area contributed by atoms with Crippen LogP contribution in [0.2, 0.25) is 0 Å². The van der Waals surface area contributed by atoms with Crippen LogP contribution in [0.15, 0.2) is 36.7 Å². The van der Waals surface area contributed by atoms with Crippen molar-refractivity contribution in [2.45, 2.75) is 25.3 Å². The van der Waals surface area contributed by atoms with Crippen molar-refractivity contribution in [1.82, 2.24) is 15.5 Å². The van der Waals surface area contributed by atoms with E-state index in [1.54, 1.807) is 12.4 Å². The highest BCUT2D eigenvalue weighted by Gasteiger charge is 2.28. The molecule has 2 unspecified atom stereocenters. The van der Waals surface area contributed by atoms with E-state index in [9.17, 15) is 4.79 Å². The van der Waals surface area contributed by atoms with Crippen LogP contribution in [0.5, 0.6) is 5.75 Å². The first-order chi connectivity index (χ1) is 9.75. The number of carbonyl (C=O) groups excluding carboxylic acids is 1. The lowest BCUT2D eigenvalue weighted by molar-refractivity contribution is -0.123. The van der Waals surface area contributed by atoms with Crippen molar-refractivity contribution < 1.29 is 9.53 Å². The zero-order valence-electron chi connectivity index (χ0n) is 11.3. The normalized spacial score (nSPS) is 18.8. The van der Waals surface area contributed by atoms with Gasteiger partial charge in [-0.1, -0.05) is 18.2 Å². The fourth-order valence-electron chi connectivity index (χ4n) is 2.51. The zero-order chi connectivity index (χ0) is 13.9. The molecule has 0 fully saturated rings. The van der Waals surface area contributed by atoms with Crippen molar-refractivity contribution in [3.8, 4) is 5.75 Å². The molecule has 0 radical (unpaired) electrons. The number of nitrogens with one attached hydrogen (secondary N) is 2. The molecule has 1 aliphatic rings. The first kappa shape index (κ1) is 12.7. The molecular weight excluding hydrogens is 254 g/mol. The molecule has 1 aromatic heterocycles. The average Bonchev–Trinajstić information content (AvgIpc) is 3.01. The van der Waals surface area contributed by atoms with E-state index in [2.05, 4.69) is 15.5 Å². The number of rotatable bonds is 3. The van der Waals surface area contributed by atoms with Gasteiger partial charge in [-0.15, -0.1) is 0 Å². The number of aromatic amines is 1. The Hall–Kier alpha value is -2.30. The summed E-state index contributed by atoms with van der Waals surface area (Å²) in [6.07, 6.45) is 4.23. The van der Waals surface area contributed by atoms with E-state index in [0.29, 0.717) is 13.0 Å². The number of benzene rings is 1. The van der Waals surface area contributed by atoms with Gasteiger partial charge in [-0.05, 0) is 19.4 Å². The summed E-state index contributed by atoms with van der Waals surface area (Å²) in [5.74, 6) is 0.707.